The van der Waals surface area contributed by atoms with E-state index < -0.39 is 0 Å². The fourth-order valence-corrected chi connectivity index (χ4v) is 3.66. The first-order valence-electron chi connectivity index (χ1n) is 10.8. The first kappa shape index (κ1) is 20.0. The maximum atomic E-state index is 4.75. The van der Waals surface area contributed by atoms with Crippen LogP contribution >= 0.6 is 0 Å². The highest BCUT2D eigenvalue weighted by Crippen LogP contribution is 2.17. The molecule has 0 aliphatic rings. The van der Waals surface area contributed by atoms with E-state index in [4.69, 9.17) is 4.98 Å². The third-order valence-electron chi connectivity index (χ3n) is 5.28. The van der Waals surface area contributed by atoms with Crippen LogP contribution in [0.4, 0.5) is 0 Å². The summed E-state index contributed by atoms with van der Waals surface area (Å²) in [5, 5.41) is 0. The molecule has 0 amide bonds. The van der Waals surface area contributed by atoms with Gasteiger partial charge in [-0.2, -0.15) is 0 Å². The Morgan fingerprint density at radius 2 is 1.32 bits per heavy atom. The highest BCUT2D eigenvalue weighted by atomic mass is 14.9. The van der Waals surface area contributed by atoms with Gasteiger partial charge < -0.3 is 4.98 Å². The van der Waals surface area contributed by atoms with Gasteiger partial charge >= 0.3 is 0 Å². The second-order valence-electron chi connectivity index (χ2n) is 7.65. The van der Waals surface area contributed by atoms with Crippen LogP contribution in [-0.2, 0) is 6.42 Å². The molecule has 0 bridgehead atoms. The van der Waals surface area contributed by atoms with Crippen molar-refractivity contribution >= 4 is 11.0 Å². The Balaban J connectivity index is 1.44. The molecule has 0 fully saturated rings. The van der Waals surface area contributed by atoms with Gasteiger partial charge in [-0.3, -0.25) is 0 Å². The second kappa shape index (κ2) is 12.1. The molecule has 1 N–H and O–H groups in total. The number of imidazole rings is 1. The molecule has 0 aliphatic carbocycles. The summed E-state index contributed by atoms with van der Waals surface area (Å²) in [5.41, 5.74) is 3.60. The van der Waals surface area contributed by atoms with Gasteiger partial charge in [-0.15, -0.1) is 0 Å². The molecule has 0 atom stereocenters. The number of fused-ring (bicyclic) bond motifs is 1. The summed E-state index contributed by atoms with van der Waals surface area (Å²) < 4.78 is 0. The number of aryl methyl sites for hydroxylation is 2. The van der Waals surface area contributed by atoms with Crippen molar-refractivity contribution in [1.29, 1.82) is 0 Å². The van der Waals surface area contributed by atoms with Crippen molar-refractivity contribution in [2.75, 3.05) is 0 Å². The molecule has 2 aromatic rings. The molecule has 0 aliphatic heterocycles. The second-order valence-corrected chi connectivity index (χ2v) is 7.65. The molecule has 0 radical (unpaired) electrons. The number of nitrogens with zero attached hydrogens (tertiary/aromatic N) is 1. The van der Waals surface area contributed by atoms with Crippen molar-refractivity contribution in [2.45, 2.75) is 104 Å². The summed E-state index contributed by atoms with van der Waals surface area (Å²) in [6.45, 7) is 4.43. The van der Waals surface area contributed by atoms with E-state index in [1.165, 1.54) is 94.6 Å². The van der Waals surface area contributed by atoms with Gasteiger partial charge in [0.15, 0.2) is 0 Å². The summed E-state index contributed by atoms with van der Waals surface area (Å²) in [4.78, 5) is 8.22. The third kappa shape index (κ3) is 7.63. The zero-order valence-corrected chi connectivity index (χ0v) is 16.6. The number of hydrogen-bond donors (Lipinski definition) is 1. The first-order chi connectivity index (χ1) is 12.3. The van der Waals surface area contributed by atoms with E-state index in [0.29, 0.717) is 0 Å². The maximum absolute atomic E-state index is 4.75. The van der Waals surface area contributed by atoms with Crippen LogP contribution in [0.2, 0.25) is 0 Å². The number of para-hydroxylation sites is 1. The fourth-order valence-electron chi connectivity index (χ4n) is 3.66. The normalized spacial score (nSPS) is 11.4. The Labute approximate surface area is 154 Å². The summed E-state index contributed by atoms with van der Waals surface area (Å²) in [6, 6.07) is 6.37. The highest BCUT2D eigenvalue weighted by molar-refractivity contribution is 5.78. The fraction of sp³-hybridized carbons (Fsp3) is 0.696. The average molecular weight is 343 g/mol. The van der Waals surface area contributed by atoms with Gasteiger partial charge in [0, 0.05) is 6.42 Å². The molecule has 0 spiro atoms. The van der Waals surface area contributed by atoms with Crippen LogP contribution < -0.4 is 0 Å². The molecule has 25 heavy (non-hydrogen) atoms. The van der Waals surface area contributed by atoms with E-state index >= 15 is 0 Å². The van der Waals surface area contributed by atoms with Gasteiger partial charge in [-0.1, -0.05) is 96.1 Å². The van der Waals surface area contributed by atoms with Gasteiger partial charge in [0.2, 0.25) is 0 Å². The topological polar surface area (TPSA) is 28.7 Å². The minimum absolute atomic E-state index is 1.09. The van der Waals surface area contributed by atoms with E-state index in [9.17, 15) is 0 Å². The summed E-state index contributed by atoms with van der Waals surface area (Å²) >= 11 is 0. The van der Waals surface area contributed by atoms with E-state index in [-0.39, 0.29) is 0 Å². The van der Waals surface area contributed by atoms with Crippen molar-refractivity contribution in [3.05, 3.63) is 29.6 Å². The molecule has 140 valence electrons. The lowest BCUT2D eigenvalue weighted by molar-refractivity contribution is 0.538. The summed E-state index contributed by atoms with van der Waals surface area (Å²) in [6.07, 6.45) is 19.4. The molecular formula is C23H38N2. The Hall–Kier alpha value is -1.31. The minimum atomic E-state index is 1.09. The van der Waals surface area contributed by atoms with Crippen molar-refractivity contribution in [3.8, 4) is 0 Å². The number of hydrogen-bond acceptors (Lipinski definition) is 1. The van der Waals surface area contributed by atoms with E-state index in [0.717, 1.165) is 17.8 Å². The number of H-pyrrole nitrogens is 1. The number of unbranched alkanes of at least 4 members (excludes halogenated alkanes) is 12. The quantitative estimate of drug-likeness (QED) is 0.354. The number of nitrogens with one attached hydrogen (secondary N) is 1. The molecule has 1 aromatic heterocycles. The lowest BCUT2D eigenvalue weighted by atomic mass is 10.0. The predicted octanol–water partition coefficient (Wildman–Crippen LogP) is 7.51. The average Bonchev–Trinajstić information content (AvgIpc) is 3.03. The Bertz CT molecular complexity index is 585. The number of aromatic nitrogens is 2. The smallest absolute Gasteiger partial charge is 0.107 e. The van der Waals surface area contributed by atoms with Crippen molar-refractivity contribution in [1.82, 2.24) is 9.97 Å². The zero-order chi connectivity index (χ0) is 17.7. The van der Waals surface area contributed by atoms with Crippen LogP contribution in [0.25, 0.3) is 11.0 Å². The van der Waals surface area contributed by atoms with E-state index in [1.54, 1.807) is 0 Å². The Kier molecular flexibility index (Phi) is 9.69. The monoisotopic (exact) mass is 342 g/mol. The molecule has 1 heterocycles. The molecule has 0 saturated heterocycles. The van der Waals surface area contributed by atoms with Crippen molar-refractivity contribution < 1.29 is 0 Å². The van der Waals surface area contributed by atoms with Crippen LogP contribution in [0.3, 0.4) is 0 Å². The van der Waals surface area contributed by atoms with Crippen LogP contribution in [-0.4, -0.2) is 9.97 Å². The Morgan fingerprint density at radius 3 is 1.88 bits per heavy atom. The van der Waals surface area contributed by atoms with Gasteiger partial charge in [0.1, 0.15) is 5.82 Å². The minimum Gasteiger partial charge on any atom is -0.342 e. The molecule has 0 unspecified atom stereocenters. The first-order valence-corrected chi connectivity index (χ1v) is 10.8. The largest absolute Gasteiger partial charge is 0.342 e. The third-order valence-corrected chi connectivity index (χ3v) is 5.28. The molecule has 0 saturated carbocycles. The van der Waals surface area contributed by atoms with Gasteiger partial charge in [-0.25, -0.2) is 4.98 Å². The molecule has 2 heteroatoms. The molecule has 1 aromatic carbocycles. The Morgan fingerprint density at radius 1 is 0.760 bits per heavy atom. The number of rotatable bonds is 14. The SMILES string of the molecule is CCCCCCCCCCCCCCCc1nc2c(C)cccc2[nH]1. The number of benzene rings is 1. The molecule has 2 rings (SSSR count). The van der Waals surface area contributed by atoms with Gasteiger partial charge in [0.05, 0.1) is 11.0 Å². The van der Waals surface area contributed by atoms with Crippen LogP contribution in [0.15, 0.2) is 18.2 Å². The summed E-state index contributed by atoms with van der Waals surface area (Å²) in [7, 11) is 0. The van der Waals surface area contributed by atoms with Crippen LogP contribution in [0, 0.1) is 6.92 Å². The van der Waals surface area contributed by atoms with Gasteiger partial charge in [-0.05, 0) is 25.0 Å². The highest BCUT2D eigenvalue weighted by Gasteiger charge is 2.04. The lowest BCUT2D eigenvalue weighted by Crippen LogP contribution is -1.89. The van der Waals surface area contributed by atoms with E-state index in [2.05, 4.69) is 37.0 Å². The summed E-state index contributed by atoms with van der Waals surface area (Å²) in [5.74, 6) is 1.16. The standard InChI is InChI=1S/C23H38N2/c1-3-4-5-6-7-8-9-10-11-12-13-14-15-19-22-24-21-18-16-17-20(2)23(21)25-22/h16-18H,3-15,19H2,1-2H3,(H,24,25). The molecule has 2 nitrogen and oxygen atoms in total. The van der Waals surface area contributed by atoms with Crippen LogP contribution in [0.5, 0.6) is 0 Å². The molecular weight excluding hydrogens is 304 g/mol. The maximum Gasteiger partial charge on any atom is 0.107 e. The number of aromatic amines is 1. The lowest BCUT2D eigenvalue weighted by Gasteiger charge is -2.02. The van der Waals surface area contributed by atoms with Crippen LogP contribution in [0.1, 0.15) is 102 Å². The van der Waals surface area contributed by atoms with Gasteiger partial charge in [0.25, 0.3) is 0 Å². The zero-order valence-electron chi connectivity index (χ0n) is 16.6. The van der Waals surface area contributed by atoms with Crippen molar-refractivity contribution in [3.63, 3.8) is 0 Å². The predicted molar refractivity (Wildman–Crippen MR) is 110 cm³/mol. The van der Waals surface area contributed by atoms with Crippen molar-refractivity contribution in [2.24, 2.45) is 0 Å². The van der Waals surface area contributed by atoms with E-state index in [1.807, 2.05) is 0 Å².